The summed E-state index contributed by atoms with van der Waals surface area (Å²) in [5.41, 5.74) is 1.57. The molecule has 29 heavy (non-hydrogen) atoms. The maximum atomic E-state index is 12.4. The van der Waals surface area contributed by atoms with Crippen LogP contribution in [0.2, 0.25) is 0 Å². The van der Waals surface area contributed by atoms with Gasteiger partial charge < -0.3 is 19.4 Å². The first kappa shape index (κ1) is 19.3. The Bertz CT molecular complexity index is 1020. The molecule has 0 aliphatic carbocycles. The van der Waals surface area contributed by atoms with E-state index in [-0.39, 0.29) is 11.7 Å². The highest BCUT2D eigenvalue weighted by molar-refractivity contribution is 7.99. The van der Waals surface area contributed by atoms with Crippen molar-refractivity contribution in [2.24, 2.45) is 7.05 Å². The maximum Gasteiger partial charge on any atom is 0.234 e. The Labute approximate surface area is 172 Å². The highest BCUT2D eigenvalue weighted by atomic mass is 32.2. The monoisotopic (exact) mass is 414 g/mol. The number of hydrogen-bond donors (Lipinski definition) is 1. The van der Waals surface area contributed by atoms with Gasteiger partial charge in [-0.25, -0.2) is 0 Å². The molecule has 1 aromatic carbocycles. The molecule has 0 radical (unpaired) electrons. The highest BCUT2D eigenvalue weighted by Crippen LogP contribution is 2.32. The number of nitrogens with one attached hydrogen (secondary N) is 1. The number of ether oxygens (including phenoxy) is 2. The average molecular weight is 414 g/mol. The van der Waals surface area contributed by atoms with Crippen LogP contribution in [-0.2, 0) is 18.4 Å². The number of nitrogens with zero attached hydrogens (tertiary/aromatic N) is 5. The lowest BCUT2D eigenvalue weighted by molar-refractivity contribution is -0.113. The molecule has 0 saturated heterocycles. The molecule has 0 fully saturated rings. The molecular formula is C19H22N6O3S. The molecular weight excluding hydrogens is 392 g/mol. The number of carbonyl (C=O) groups excluding carboxylic acids is 1. The second-order valence-corrected chi connectivity index (χ2v) is 7.44. The lowest BCUT2D eigenvalue weighted by Gasteiger charge is -2.10. The molecule has 0 saturated carbocycles. The van der Waals surface area contributed by atoms with E-state index in [1.54, 1.807) is 16.9 Å². The van der Waals surface area contributed by atoms with Crippen LogP contribution in [0.5, 0.6) is 11.5 Å². The van der Waals surface area contributed by atoms with Crippen LogP contribution in [0.15, 0.2) is 35.7 Å². The standard InChI is InChI=1S/C19H22N6O3S/c1-3-25-18(13-10-20-24(2)11-13)22-23-19(25)29-12-17(26)21-14-5-6-15-16(9-14)28-8-4-7-27-15/h5-6,9-11H,3-4,7-8,12H2,1-2H3,(H,21,26). The van der Waals surface area contributed by atoms with Crippen molar-refractivity contribution in [2.75, 3.05) is 24.3 Å². The lowest BCUT2D eigenvalue weighted by atomic mass is 10.2. The van der Waals surface area contributed by atoms with Crippen molar-refractivity contribution >= 4 is 23.4 Å². The number of amides is 1. The minimum absolute atomic E-state index is 0.127. The number of hydrogen-bond acceptors (Lipinski definition) is 7. The fourth-order valence-electron chi connectivity index (χ4n) is 3.00. The molecule has 1 N–H and O–H groups in total. The predicted octanol–water partition coefficient (Wildman–Crippen LogP) is 2.59. The zero-order valence-corrected chi connectivity index (χ0v) is 17.1. The van der Waals surface area contributed by atoms with E-state index in [1.165, 1.54) is 11.8 Å². The summed E-state index contributed by atoms with van der Waals surface area (Å²) in [5, 5.41) is 16.3. The topological polar surface area (TPSA) is 96.1 Å². The summed E-state index contributed by atoms with van der Waals surface area (Å²) in [6, 6.07) is 5.42. The van der Waals surface area contributed by atoms with Crippen LogP contribution < -0.4 is 14.8 Å². The van der Waals surface area contributed by atoms with Crippen molar-refractivity contribution in [2.45, 2.75) is 25.0 Å². The zero-order chi connectivity index (χ0) is 20.2. The number of thioether (sulfide) groups is 1. The summed E-state index contributed by atoms with van der Waals surface area (Å²) < 4.78 is 15.0. The van der Waals surface area contributed by atoms with Crippen LogP contribution in [0.25, 0.3) is 11.4 Å². The first-order valence-electron chi connectivity index (χ1n) is 9.38. The van der Waals surface area contributed by atoms with E-state index in [0.717, 1.165) is 17.8 Å². The predicted molar refractivity (Wildman–Crippen MR) is 109 cm³/mol. The first-order valence-corrected chi connectivity index (χ1v) is 10.4. The molecule has 0 atom stereocenters. The molecule has 3 aromatic rings. The van der Waals surface area contributed by atoms with E-state index in [1.807, 2.05) is 36.9 Å². The quantitative estimate of drug-likeness (QED) is 0.619. The molecule has 10 heteroatoms. The van der Waals surface area contributed by atoms with Crippen molar-refractivity contribution < 1.29 is 14.3 Å². The third kappa shape index (κ3) is 4.37. The van der Waals surface area contributed by atoms with Gasteiger partial charge in [0, 0.05) is 38.0 Å². The van der Waals surface area contributed by atoms with Gasteiger partial charge in [-0.2, -0.15) is 5.10 Å². The van der Waals surface area contributed by atoms with E-state index < -0.39 is 0 Å². The number of carbonyl (C=O) groups is 1. The Morgan fingerprint density at radius 3 is 2.83 bits per heavy atom. The second-order valence-electron chi connectivity index (χ2n) is 6.50. The van der Waals surface area contributed by atoms with Gasteiger partial charge in [-0.05, 0) is 19.1 Å². The van der Waals surface area contributed by atoms with Gasteiger partial charge in [0.1, 0.15) is 0 Å². The summed E-state index contributed by atoms with van der Waals surface area (Å²) in [7, 11) is 1.86. The Hall–Kier alpha value is -3.01. The minimum atomic E-state index is -0.127. The number of benzene rings is 1. The van der Waals surface area contributed by atoms with Crippen LogP contribution in [0.4, 0.5) is 5.69 Å². The Kier molecular flexibility index (Phi) is 5.70. The van der Waals surface area contributed by atoms with Crippen molar-refractivity contribution in [3.05, 3.63) is 30.6 Å². The van der Waals surface area contributed by atoms with Gasteiger partial charge in [-0.15, -0.1) is 10.2 Å². The van der Waals surface area contributed by atoms with E-state index in [0.29, 0.717) is 42.1 Å². The highest BCUT2D eigenvalue weighted by Gasteiger charge is 2.16. The van der Waals surface area contributed by atoms with Gasteiger partial charge in [-0.3, -0.25) is 9.48 Å². The largest absolute Gasteiger partial charge is 0.490 e. The van der Waals surface area contributed by atoms with Crippen molar-refractivity contribution in [3.8, 4) is 22.9 Å². The molecule has 3 heterocycles. The van der Waals surface area contributed by atoms with E-state index in [4.69, 9.17) is 9.47 Å². The average Bonchev–Trinajstić information content (AvgIpc) is 3.25. The Morgan fingerprint density at radius 1 is 1.24 bits per heavy atom. The molecule has 2 aromatic heterocycles. The third-order valence-corrected chi connectivity index (χ3v) is 5.33. The normalized spacial score (nSPS) is 13.2. The maximum absolute atomic E-state index is 12.4. The molecule has 0 spiro atoms. The van der Waals surface area contributed by atoms with Gasteiger partial charge >= 0.3 is 0 Å². The first-order chi connectivity index (χ1) is 14.1. The second kappa shape index (κ2) is 8.56. The van der Waals surface area contributed by atoms with Gasteiger partial charge in [0.15, 0.2) is 22.5 Å². The van der Waals surface area contributed by atoms with Crippen LogP contribution in [0.1, 0.15) is 13.3 Å². The molecule has 0 unspecified atom stereocenters. The van der Waals surface area contributed by atoms with Gasteiger partial charge in [0.25, 0.3) is 0 Å². The number of aromatic nitrogens is 5. The van der Waals surface area contributed by atoms with E-state index in [2.05, 4.69) is 20.6 Å². The fourth-order valence-corrected chi connectivity index (χ4v) is 3.80. The summed E-state index contributed by atoms with van der Waals surface area (Å²) in [4.78, 5) is 12.4. The number of rotatable bonds is 6. The van der Waals surface area contributed by atoms with Crippen molar-refractivity contribution in [3.63, 3.8) is 0 Å². The molecule has 4 rings (SSSR count). The SMILES string of the molecule is CCn1c(SCC(=O)Nc2ccc3c(c2)OCCCO3)nnc1-c1cnn(C)c1. The zero-order valence-electron chi connectivity index (χ0n) is 16.3. The molecule has 1 aliphatic rings. The van der Waals surface area contributed by atoms with Gasteiger partial charge in [0.2, 0.25) is 5.91 Å². The third-order valence-electron chi connectivity index (χ3n) is 4.36. The summed E-state index contributed by atoms with van der Waals surface area (Å²) >= 11 is 1.35. The summed E-state index contributed by atoms with van der Waals surface area (Å²) in [5.74, 6) is 2.19. The fraction of sp³-hybridized carbons (Fsp3) is 0.368. The van der Waals surface area contributed by atoms with Gasteiger partial charge in [-0.1, -0.05) is 11.8 Å². The number of aryl methyl sites for hydroxylation is 1. The smallest absolute Gasteiger partial charge is 0.234 e. The van der Waals surface area contributed by atoms with Crippen LogP contribution in [0, 0.1) is 0 Å². The van der Waals surface area contributed by atoms with E-state index >= 15 is 0 Å². The molecule has 0 bridgehead atoms. The molecule has 1 amide bonds. The number of anilines is 1. The Balaban J connectivity index is 1.40. The summed E-state index contributed by atoms with van der Waals surface area (Å²) in [6.07, 6.45) is 4.48. The van der Waals surface area contributed by atoms with Crippen LogP contribution in [-0.4, -0.2) is 49.4 Å². The lowest BCUT2D eigenvalue weighted by Crippen LogP contribution is -2.14. The molecule has 152 valence electrons. The van der Waals surface area contributed by atoms with Crippen LogP contribution >= 0.6 is 11.8 Å². The summed E-state index contributed by atoms with van der Waals surface area (Å²) in [6.45, 7) is 3.95. The van der Waals surface area contributed by atoms with Crippen molar-refractivity contribution in [1.82, 2.24) is 24.5 Å². The molecule has 1 aliphatic heterocycles. The van der Waals surface area contributed by atoms with E-state index in [9.17, 15) is 4.79 Å². The minimum Gasteiger partial charge on any atom is -0.490 e. The van der Waals surface area contributed by atoms with Crippen LogP contribution in [0.3, 0.4) is 0 Å². The van der Waals surface area contributed by atoms with Gasteiger partial charge in [0.05, 0.1) is 30.7 Å². The van der Waals surface area contributed by atoms with Crippen molar-refractivity contribution in [1.29, 1.82) is 0 Å². The Morgan fingerprint density at radius 2 is 2.07 bits per heavy atom. The number of fused-ring (bicyclic) bond motifs is 1. The molecule has 9 nitrogen and oxygen atoms in total.